The molecule has 0 N–H and O–H groups in total. The van der Waals surface area contributed by atoms with Crippen molar-refractivity contribution < 1.29 is 14.3 Å². The van der Waals surface area contributed by atoms with E-state index < -0.39 is 0 Å². The molecule has 0 bridgehead atoms. The molecule has 3 nitrogen and oxygen atoms in total. The van der Waals surface area contributed by atoms with Crippen LogP contribution in [0, 0.1) is 0 Å². The van der Waals surface area contributed by atoms with Crippen molar-refractivity contribution >= 4 is 17.6 Å². The Labute approximate surface area is 72.6 Å². The number of alkyl halides is 1. The fourth-order valence-electron chi connectivity index (χ4n) is 0.388. The van der Waals surface area contributed by atoms with Crippen molar-refractivity contribution in [3.8, 4) is 0 Å². The molecule has 0 aliphatic heterocycles. The normalized spacial score (nSPS) is 8.00. The topological polar surface area (TPSA) is 35.5 Å². The summed E-state index contributed by atoms with van der Waals surface area (Å²) in [6.45, 7) is 4.65. The maximum Gasteiger partial charge on any atom is 0.332 e. The number of ether oxygens (including phenoxy) is 2. The predicted octanol–water partition coefficient (Wildman–Crippen LogP) is 1.44. The molecule has 0 aliphatic rings. The summed E-state index contributed by atoms with van der Waals surface area (Å²) < 4.78 is 9.35. The van der Waals surface area contributed by atoms with E-state index in [0.29, 0.717) is 13.2 Å². The SMILES string of the molecule is CCOCC(=O)OCC.CCl. The predicted molar refractivity (Wildman–Crippen MR) is 44.9 cm³/mol. The van der Waals surface area contributed by atoms with Gasteiger partial charge < -0.3 is 9.47 Å². The van der Waals surface area contributed by atoms with Crippen LogP contribution < -0.4 is 0 Å². The van der Waals surface area contributed by atoms with Crippen LogP contribution in [0.1, 0.15) is 13.8 Å². The molecule has 0 aromatic heterocycles. The van der Waals surface area contributed by atoms with Crippen LogP contribution in [0.2, 0.25) is 0 Å². The van der Waals surface area contributed by atoms with Crippen LogP contribution >= 0.6 is 11.6 Å². The molecule has 0 saturated heterocycles. The van der Waals surface area contributed by atoms with E-state index in [1.54, 1.807) is 6.92 Å². The zero-order chi connectivity index (χ0) is 9.11. The second-order valence-corrected chi connectivity index (χ2v) is 1.44. The van der Waals surface area contributed by atoms with E-state index in [1.165, 1.54) is 6.38 Å². The van der Waals surface area contributed by atoms with Gasteiger partial charge in [-0.3, -0.25) is 0 Å². The molecule has 0 fully saturated rings. The molecule has 4 heteroatoms. The van der Waals surface area contributed by atoms with E-state index in [1.807, 2.05) is 6.92 Å². The van der Waals surface area contributed by atoms with Crippen molar-refractivity contribution in [3.63, 3.8) is 0 Å². The summed E-state index contributed by atoms with van der Waals surface area (Å²) >= 11 is 4.64. The summed E-state index contributed by atoms with van der Waals surface area (Å²) in [4.78, 5) is 10.5. The van der Waals surface area contributed by atoms with Crippen molar-refractivity contribution in [2.45, 2.75) is 13.8 Å². The van der Waals surface area contributed by atoms with Crippen LogP contribution in [0.4, 0.5) is 0 Å². The van der Waals surface area contributed by atoms with Crippen LogP contribution in [-0.2, 0) is 14.3 Å². The van der Waals surface area contributed by atoms with E-state index in [-0.39, 0.29) is 12.6 Å². The quantitative estimate of drug-likeness (QED) is 0.488. The maximum atomic E-state index is 10.5. The lowest BCUT2D eigenvalue weighted by Gasteiger charge is -1.99. The second-order valence-electron chi connectivity index (χ2n) is 1.44. The number of carbonyl (C=O) groups is 1. The lowest BCUT2D eigenvalue weighted by atomic mass is 10.7. The number of esters is 1. The molecule has 0 aromatic carbocycles. The van der Waals surface area contributed by atoms with Crippen molar-refractivity contribution in [2.24, 2.45) is 0 Å². The Kier molecular flexibility index (Phi) is 15.0. The van der Waals surface area contributed by atoms with Gasteiger partial charge in [0.05, 0.1) is 6.61 Å². The first-order valence-corrected chi connectivity index (χ1v) is 4.18. The first-order chi connectivity index (χ1) is 5.31. The smallest absolute Gasteiger partial charge is 0.332 e. The minimum Gasteiger partial charge on any atom is -0.464 e. The zero-order valence-corrected chi connectivity index (χ0v) is 7.98. The van der Waals surface area contributed by atoms with Crippen LogP contribution in [0.15, 0.2) is 0 Å². The third kappa shape index (κ3) is 12.8. The van der Waals surface area contributed by atoms with Crippen LogP contribution in [0.3, 0.4) is 0 Å². The van der Waals surface area contributed by atoms with E-state index in [0.717, 1.165) is 0 Å². The van der Waals surface area contributed by atoms with E-state index >= 15 is 0 Å². The van der Waals surface area contributed by atoms with Gasteiger partial charge in [0.15, 0.2) is 0 Å². The van der Waals surface area contributed by atoms with Crippen molar-refractivity contribution in [1.82, 2.24) is 0 Å². The van der Waals surface area contributed by atoms with Gasteiger partial charge in [-0.15, -0.1) is 11.6 Å². The number of rotatable bonds is 4. The summed E-state index contributed by atoms with van der Waals surface area (Å²) in [6, 6.07) is 0. The van der Waals surface area contributed by atoms with Crippen LogP contribution in [0.5, 0.6) is 0 Å². The highest BCUT2D eigenvalue weighted by molar-refractivity contribution is 6.15. The zero-order valence-electron chi connectivity index (χ0n) is 7.22. The molecule has 0 radical (unpaired) electrons. The molecule has 68 valence electrons. The third-order valence-electron chi connectivity index (χ3n) is 0.729. The van der Waals surface area contributed by atoms with E-state index in [4.69, 9.17) is 4.74 Å². The molecule has 0 amide bonds. The van der Waals surface area contributed by atoms with Gasteiger partial charge in [-0.1, -0.05) is 0 Å². The Morgan fingerprint density at radius 1 is 1.27 bits per heavy atom. The molecule has 11 heavy (non-hydrogen) atoms. The summed E-state index contributed by atoms with van der Waals surface area (Å²) in [5.74, 6) is -0.292. The van der Waals surface area contributed by atoms with Crippen LogP contribution in [0.25, 0.3) is 0 Å². The lowest BCUT2D eigenvalue weighted by Crippen LogP contribution is -2.11. The molecular weight excluding hydrogens is 168 g/mol. The first kappa shape index (κ1) is 13.3. The molecule has 0 unspecified atom stereocenters. The van der Waals surface area contributed by atoms with Gasteiger partial charge in [0, 0.05) is 13.0 Å². The summed E-state index contributed by atoms with van der Waals surface area (Å²) in [5, 5.41) is 0. The van der Waals surface area contributed by atoms with E-state index in [2.05, 4.69) is 16.3 Å². The highest BCUT2D eigenvalue weighted by Crippen LogP contribution is 1.79. The number of carbonyl (C=O) groups excluding carboxylic acids is 1. The number of hydrogen-bond acceptors (Lipinski definition) is 3. The maximum absolute atomic E-state index is 10.5. The molecule has 0 saturated carbocycles. The highest BCUT2D eigenvalue weighted by atomic mass is 35.5. The molecule has 0 aromatic rings. The highest BCUT2D eigenvalue weighted by Gasteiger charge is 1.97. The monoisotopic (exact) mass is 182 g/mol. The molecule has 0 heterocycles. The Morgan fingerprint density at radius 3 is 2.18 bits per heavy atom. The largest absolute Gasteiger partial charge is 0.464 e. The molecular formula is C7H15ClO3. The fraction of sp³-hybridized carbons (Fsp3) is 0.857. The van der Waals surface area contributed by atoms with Gasteiger partial charge in [-0.05, 0) is 13.8 Å². The molecule has 0 rings (SSSR count). The minimum atomic E-state index is -0.292. The van der Waals surface area contributed by atoms with Gasteiger partial charge >= 0.3 is 5.97 Å². The average Bonchev–Trinajstić information content (AvgIpc) is 2.05. The van der Waals surface area contributed by atoms with Crippen molar-refractivity contribution in [3.05, 3.63) is 0 Å². The Morgan fingerprint density at radius 2 is 1.82 bits per heavy atom. The van der Waals surface area contributed by atoms with Gasteiger partial charge in [-0.25, -0.2) is 4.79 Å². The second kappa shape index (κ2) is 12.4. The van der Waals surface area contributed by atoms with Gasteiger partial charge in [-0.2, -0.15) is 0 Å². The fourth-order valence-corrected chi connectivity index (χ4v) is 0.388. The van der Waals surface area contributed by atoms with Gasteiger partial charge in [0.1, 0.15) is 6.61 Å². The average molecular weight is 183 g/mol. The van der Waals surface area contributed by atoms with Crippen molar-refractivity contribution in [1.29, 1.82) is 0 Å². The third-order valence-corrected chi connectivity index (χ3v) is 0.729. The molecule has 0 spiro atoms. The number of hydrogen-bond donors (Lipinski definition) is 0. The summed E-state index contributed by atoms with van der Waals surface area (Å²) in [7, 11) is 0. The van der Waals surface area contributed by atoms with Crippen LogP contribution in [-0.4, -0.2) is 32.2 Å². The first-order valence-electron chi connectivity index (χ1n) is 3.42. The standard InChI is InChI=1S/C6H12O3.CH3Cl/c1-3-8-5-6(7)9-4-2;1-2/h3-5H2,1-2H3;1H3. The van der Waals surface area contributed by atoms with Gasteiger partial charge in [0.25, 0.3) is 0 Å². The molecule has 0 atom stereocenters. The molecule has 0 aliphatic carbocycles. The summed E-state index contributed by atoms with van der Waals surface area (Å²) in [5.41, 5.74) is 0. The minimum absolute atomic E-state index is 0.0737. The Bertz CT molecular complexity index is 85.8. The van der Waals surface area contributed by atoms with Gasteiger partial charge in [0.2, 0.25) is 0 Å². The number of halogens is 1. The van der Waals surface area contributed by atoms with Crippen molar-refractivity contribution in [2.75, 3.05) is 26.2 Å². The van der Waals surface area contributed by atoms with E-state index in [9.17, 15) is 4.79 Å². The Balaban J connectivity index is 0. The summed E-state index contributed by atoms with van der Waals surface area (Å²) in [6.07, 6.45) is 1.47. The Hall–Kier alpha value is -0.280. The lowest BCUT2D eigenvalue weighted by molar-refractivity contribution is -0.148.